The highest BCUT2D eigenvalue weighted by Crippen LogP contribution is 2.35. The van der Waals surface area contributed by atoms with Crippen molar-refractivity contribution < 1.29 is 19.0 Å². The van der Waals surface area contributed by atoms with E-state index < -0.39 is 6.10 Å². The van der Waals surface area contributed by atoms with E-state index in [4.69, 9.17) is 4.74 Å². The highest BCUT2D eigenvalue weighted by molar-refractivity contribution is 5.74. The van der Waals surface area contributed by atoms with Crippen molar-refractivity contribution in [2.45, 2.75) is 25.0 Å². The van der Waals surface area contributed by atoms with Crippen LogP contribution in [0.1, 0.15) is 30.1 Å². The third kappa shape index (κ3) is 4.09. The predicted molar refractivity (Wildman–Crippen MR) is 92.0 cm³/mol. The first kappa shape index (κ1) is 17.2. The number of halogens is 1. The Morgan fingerprint density at radius 3 is 2.76 bits per heavy atom. The molecule has 25 heavy (non-hydrogen) atoms. The number of nitrogens with one attached hydrogen (secondary N) is 2. The van der Waals surface area contributed by atoms with Gasteiger partial charge < -0.3 is 20.5 Å². The fourth-order valence-corrected chi connectivity index (χ4v) is 2.95. The quantitative estimate of drug-likeness (QED) is 0.781. The summed E-state index contributed by atoms with van der Waals surface area (Å²) in [5, 5.41) is 15.6. The lowest BCUT2D eigenvalue weighted by Gasteiger charge is -2.21. The van der Waals surface area contributed by atoms with Gasteiger partial charge in [0.1, 0.15) is 11.6 Å². The number of carbonyl (C=O) groups is 1. The van der Waals surface area contributed by atoms with Crippen LogP contribution in [-0.4, -0.2) is 30.3 Å². The van der Waals surface area contributed by atoms with E-state index in [1.165, 1.54) is 24.3 Å². The molecule has 1 heterocycles. The van der Waals surface area contributed by atoms with Crippen LogP contribution in [0.15, 0.2) is 48.5 Å². The predicted octanol–water partition coefficient (Wildman–Crippen LogP) is 2.72. The average Bonchev–Trinajstić information content (AvgIpc) is 3.04. The summed E-state index contributed by atoms with van der Waals surface area (Å²) in [5.74, 6) is 0.576. The van der Waals surface area contributed by atoms with Crippen molar-refractivity contribution in [2.24, 2.45) is 0 Å². The maximum atomic E-state index is 12.9. The van der Waals surface area contributed by atoms with Crippen molar-refractivity contribution >= 4 is 6.03 Å². The molecular weight excluding hydrogens is 323 g/mol. The molecule has 3 atom stereocenters. The van der Waals surface area contributed by atoms with Crippen molar-refractivity contribution in [2.75, 3.05) is 13.2 Å². The summed E-state index contributed by atoms with van der Waals surface area (Å²) in [6.45, 7) is 2.49. The molecule has 0 radical (unpaired) electrons. The second-order valence-corrected chi connectivity index (χ2v) is 6.17. The summed E-state index contributed by atoms with van der Waals surface area (Å²) in [6, 6.07) is 12.8. The van der Waals surface area contributed by atoms with Crippen LogP contribution in [0.2, 0.25) is 0 Å². The minimum Gasteiger partial charge on any atom is -0.493 e. The molecular formula is C19H21FN2O3. The van der Waals surface area contributed by atoms with Crippen LogP contribution in [0.5, 0.6) is 5.75 Å². The molecule has 0 fully saturated rings. The molecule has 0 spiro atoms. The van der Waals surface area contributed by atoms with Gasteiger partial charge in [-0.2, -0.15) is 0 Å². The lowest BCUT2D eigenvalue weighted by atomic mass is 9.94. The monoisotopic (exact) mass is 344 g/mol. The summed E-state index contributed by atoms with van der Waals surface area (Å²) in [5.41, 5.74) is 1.63. The average molecular weight is 344 g/mol. The van der Waals surface area contributed by atoms with E-state index in [2.05, 4.69) is 10.6 Å². The summed E-state index contributed by atoms with van der Waals surface area (Å²) < 4.78 is 18.5. The Morgan fingerprint density at radius 2 is 2.00 bits per heavy atom. The first-order valence-electron chi connectivity index (χ1n) is 8.24. The van der Waals surface area contributed by atoms with E-state index in [-0.39, 0.29) is 30.4 Å². The van der Waals surface area contributed by atoms with Crippen LogP contribution in [0.3, 0.4) is 0 Å². The second kappa shape index (κ2) is 7.53. The van der Waals surface area contributed by atoms with Gasteiger partial charge in [-0.25, -0.2) is 9.18 Å². The maximum Gasteiger partial charge on any atom is 0.315 e. The van der Waals surface area contributed by atoms with Crippen LogP contribution >= 0.6 is 0 Å². The number of amides is 2. The van der Waals surface area contributed by atoms with Crippen LogP contribution < -0.4 is 15.4 Å². The Morgan fingerprint density at radius 1 is 1.28 bits per heavy atom. The summed E-state index contributed by atoms with van der Waals surface area (Å²) in [4.78, 5) is 12.1. The minimum absolute atomic E-state index is 0.0436. The van der Waals surface area contributed by atoms with E-state index in [9.17, 15) is 14.3 Å². The lowest BCUT2D eigenvalue weighted by Crippen LogP contribution is -2.44. The lowest BCUT2D eigenvalue weighted by molar-refractivity contribution is 0.172. The van der Waals surface area contributed by atoms with Gasteiger partial charge in [0.25, 0.3) is 0 Å². The van der Waals surface area contributed by atoms with E-state index in [1.54, 1.807) is 0 Å². The summed E-state index contributed by atoms with van der Waals surface area (Å²) in [7, 11) is 0. The van der Waals surface area contributed by atoms with Gasteiger partial charge in [0.2, 0.25) is 0 Å². The van der Waals surface area contributed by atoms with Gasteiger partial charge in [-0.1, -0.05) is 30.3 Å². The fraction of sp³-hybridized carbons (Fsp3) is 0.316. The Hall–Kier alpha value is -2.60. The highest BCUT2D eigenvalue weighted by atomic mass is 19.1. The van der Waals surface area contributed by atoms with Crippen LogP contribution in [0.4, 0.5) is 9.18 Å². The van der Waals surface area contributed by atoms with Gasteiger partial charge in [0.15, 0.2) is 0 Å². The van der Waals surface area contributed by atoms with Crippen LogP contribution in [0.25, 0.3) is 0 Å². The van der Waals surface area contributed by atoms with Crippen LogP contribution in [-0.2, 0) is 0 Å². The number of carbonyl (C=O) groups excluding carboxylic acids is 1. The number of fused-ring (bicyclic) bond motifs is 1. The van der Waals surface area contributed by atoms with Gasteiger partial charge in [-0.05, 0) is 30.7 Å². The minimum atomic E-state index is -0.891. The number of hydrogen-bond donors (Lipinski definition) is 3. The third-order valence-electron chi connectivity index (χ3n) is 4.41. The highest BCUT2D eigenvalue weighted by Gasteiger charge is 2.29. The normalized spacial score (nSPS) is 18.0. The summed E-state index contributed by atoms with van der Waals surface area (Å²) >= 11 is 0. The van der Waals surface area contributed by atoms with Crippen molar-refractivity contribution in [3.63, 3.8) is 0 Å². The van der Waals surface area contributed by atoms with E-state index in [0.29, 0.717) is 12.2 Å². The third-order valence-corrected chi connectivity index (χ3v) is 4.41. The Kier molecular flexibility index (Phi) is 5.19. The van der Waals surface area contributed by atoms with Gasteiger partial charge in [-0.15, -0.1) is 0 Å². The van der Waals surface area contributed by atoms with Crippen molar-refractivity contribution in [1.29, 1.82) is 0 Å². The Labute approximate surface area is 145 Å². The zero-order valence-corrected chi connectivity index (χ0v) is 13.9. The molecule has 0 saturated heterocycles. The van der Waals surface area contributed by atoms with Gasteiger partial charge in [0, 0.05) is 24.1 Å². The summed E-state index contributed by atoms with van der Waals surface area (Å²) in [6.07, 6.45) is -0.891. The number of ether oxygens (including phenoxy) is 1. The molecule has 2 amide bonds. The molecule has 6 heteroatoms. The zero-order valence-electron chi connectivity index (χ0n) is 13.9. The molecule has 3 N–H and O–H groups in total. The van der Waals surface area contributed by atoms with Gasteiger partial charge in [-0.3, -0.25) is 0 Å². The van der Waals surface area contributed by atoms with Crippen molar-refractivity contribution in [3.05, 3.63) is 65.5 Å². The molecule has 0 aliphatic carbocycles. The molecule has 3 unspecified atom stereocenters. The van der Waals surface area contributed by atoms with E-state index in [1.807, 2.05) is 31.2 Å². The topological polar surface area (TPSA) is 70.6 Å². The van der Waals surface area contributed by atoms with Gasteiger partial charge >= 0.3 is 6.03 Å². The molecule has 0 aromatic heterocycles. The van der Waals surface area contributed by atoms with E-state index >= 15 is 0 Å². The number of para-hydroxylation sites is 1. The largest absolute Gasteiger partial charge is 0.493 e. The number of aliphatic hydroxyl groups excluding tert-OH is 1. The number of rotatable bonds is 5. The Balaban J connectivity index is 1.50. The standard InChI is InChI=1S/C19H21FN2O3/c1-12(16-11-25-18-5-3-2-4-15(16)18)22-19(24)21-10-17(23)13-6-8-14(20)9-7-13/h2-9,12,16-17,23H,10-11H2,1H3,(H2,21,22,24). The Bertz CT molecular complexity index is 736. The first-order valence-corrected chi connectivity index (χ1v) is 8.24. The van der Waals surface area contributed by atoms with Gasteiger partial charge in [0.05, 0.1) is 12.7 Å². The second-order valence-electron chi connectivity index (χ2n) is 6.17. The first-order chi connectivity index (χ1) is 12.0. The number of benzene rings is 2. The number of aliphatic hydroxyl groups is 1. The number of urea groups is 1. The smallest absolute Gasteiger partial charge is 0.315 e. The molecule has 1 aliphatic rings. The molecule has 5 nitrogen and oxygen atoms in total. The molecule has 3 rings (SSSR count). The van der Waals surface area contributed by atoms with Crippen molar-refractivity contribution in [1.82, 2.24) is 10.6 Å². The number of hydrogen-bond acceptors (Lipinski definition) is 3. The van der Waals surface area contributed by atoms with Crippen LogP contribution in [0, 0.1) is 5.82 Å². The molecule has 1 aliphatic heterocycles. The molecule has 0 saturated carbocycles. The molecule has 2 aromatic rings. The molecule has 2 aromatic carbocycles. The van der Waals surface area contributed by atoms with E-state index in [0.717, 1.165) is 11.3 Å². The van der Waals surface area contributed by atoms with Crippen molar-refractivity contribution in [3.8, 4) is 5.75 Å². The fourth-order valence-electron chi connectivity index (χ4n) is 2.95. The zero-order chi connectivity index (χ0) is 17.8. The molecule has 132 valence electrons. The maximum absolute atomic E-state index is 12.9. The SMILES string of the molecule is CC(NC(=O)NCC(O)c1ccc(F)cc1)C1COc2ccccc21. The molecule has 0 bridgehead atoms.